The van der Waals surface area contributed by atoms with E-state index in [-0.39, 0.29) is 5.82 Å². The second-order valence-corrected chi connectivity index (χ2v) is 5.91. The standard InChI is InChI=1S/C17H15FN2S/c1-11-9-13(7-8-14(11)18)17-20-16(15(10-19)21-17)12-5-3-2-4-6-12/h2-9H,10,19H2,1H3. The molecule has 2 N–H and O–H groups in total. The Morgan fingerprint density at radius 3 is 2.52 bits per heavy atom. The van der Waals surface area contributed by atoms with Gasteiger partial charge in [0.25, 0.3) is 0 Å². The van der Waals surface area contributed by atoms with Crippen LogP contribution in [0, 0.1) is 12.7 Å². The molecule has 0 radical (unpaired) electrons. The van der Waals surface area contributed by atoms with Gasteiger partial charge in [-0.05, 0) is 30.7 Å². The lowest BCUT2D eigenvalue weighted by molar-refractivity contribution is 0.619. The van der Waals surface area contributed by atoms with Crippen LogP contribution in [0.2, 0.25) is 0 Å². The summed E-state index contributed by atoms with van der Waals surface area (Å²) < 4.78 is 13.4. The normalized spacial score (nSPS) is 10.8. The predicted octanol–water partition coefficient (Wildman–Crippen LogP) is 4.38. The van der Waals surface area contributed by atoms with Crippen LogP contribution in [-0.2, 0) is 6.54 Å². The Hall–Kier alpha value is -2.04. The molecule has 0 bridgehead atoms. The van der Waals surface area contributed by atoms with E-state index in [2.05, 4.69) is 0 Å². The van der Waals surface area contributed by atoms with Crippen molar-refractivity contribution in [1.29, 1.82) is 0 Å². The van der Waals surface area contributed by atoms with E-state index in [1.165, 1.54) is 6.07 Å². The van der Waals surface area contributed by atoms with Gasteiger partial charge < -0.3 is 5.73 Å². The lowest BCUT2D eigenvalue weighted by atomic mass is 10.1. The topological polar surface area (TPSA) is 38.9 Å². The molecule has 0 amide bonds. The summed E-state index contributed by atoms with van der Waals surface area (Å²) in [5.41, 5.74) is 9.37. The number of hydrogen-bond donors (Lipinski definition) is 1. The number of aryl methyl sites for hydroxylation is 1. The lowest BCUT2D eigenvalue weighted by Gasteiger charge is -2.00. The molecule has 0 aliphatic heterocycles. The monoisotopic (exact) mass is 298 g/mol. The second kappa shape index (κ2) is 5.76. The molecule has 1 heterocycles. The molecule has 0 fully saturated rings. The summed E-state index contributed by atoms with van der Waals surface area (Å²) in [5.74, 6) is -0.197. The van der Waals surface area contributed by atoms with Gasteiger partial charge in [0.2, 0.25) is 0 Å². The van der Waals surface area contributed by atoms with Gasteiger partial charge in [-0.15, -0.1) is 11.3 Å². The Morgan fingerprint density at radius 1 is 1.10 bits per heavy atom. The fourth-order valence-electron chi connectivity index (χ4n) is 2.21. The van der Waals surface area contributed by atoms with Crippen molar-refractivity contribution in [1.82, 2.24) is 4.98 Å². The minimum absolute atomic E-state index is 0.197. The third-order valence-electron chi connectivity index (χ3n) is 3.33. The molecule has 0 aliphatic carbocycles. The van der Waals surface area contributed by atoms with Gasteiger partial charge in [0.1, 0.15) is 10.8 Å². The number of nitrogens with zero attached hydrogens (tertiary/aromatic N) is 1. The van der Waals surface area contributed by atoms with Gasteiger partial charge in [0.15, 0.2) is 0 Å². The summed E-state index contributed by atoms with van der Waals surface area (Å²) in [5, 5.41) is 0.873. The summed E-state index contributed by atoms with van der Waals surface area (Å²) in [6.07, 6.45) is 0. The Labute approximate surface area is 127 Å². The molecular weight excluding hydrogens is 283 g/mol. The van der Waals surface area contributed by atoms with E-state index in [1.54, 1.807) is 24.3 Å². The number of rotatable bonds is 3. The SMILES string of the molecule is Cc1cc(-c2nc(-c3ccccc3)c(CN)s2)ccc1F. The van der Waals surface area contributed by atoms with E-state index in [4.69, 9.17) is 10.7 Å². The van der Waals surface area contributed by atoms with E-state index in [0.717, 1.165) is 26.7 Å². The zero-order valence-corrected chi connectivity index (χ0v) is 12.5. The van der Waals surface area contributed by atoms with Crippen molar-refractivity contribution in [2.24, 2.45) is 5.73 Å². The molecule has 21 heavy (non-hydrogen) atoms. The minimum Gasteiger partial charge on any atom is -0.326 e. The van der Waals surface area contributed by atoms with Gasteiger partial charge in [-0.1, -0.05) is 30.3 Å². The first-order valence-electron chi connectivity index (χ1n) is 6.70. The number of nitrogens with two attached hydrogens (primary N) is 1. The number of aromatic nitrogens is 1. The molecule has 106 valence electrons. The quantitative estimate of drug-likeness (QED) is 0.779. The van der Waals surface area contributed by atoms with E-state index in [1.807, 2.05) is 36.4 Å². The highest BCUT2D eigenvalue weighted by Gasteiger charge is 2.13. The van der Waals surface area contributed by atoms with Crippen molar-refractivity contribution in [3.63, 3.8) is 0 Å². The van der Waals surface area contributed by atoms with Crippen LogP contribution in [0.3, 0.4) is 0 Å². The van der Waals surface area contributed by atoms with Crippen LogP contribution < -0.4 is 5.73 Å². The summed E-state index contributed by atoms with van der Waals surface area (Å²) in [7, 11) is 0. The van der Waals surface area contributed by atoms with Crippen LogP contribution in [-0.4, -0.2) is 4.98 Å². The Bertz CT molecular complexity index is 766. The summed E-state index contributed by atoms with van der Waals surface area (Å²) in [6.45, 7) is 2.20. The lowest BCUT2D eigenvalue weighted by Crippen LogP contribution is -1.95. The summed E-state index contributed by atoms with van der Waals surface area (Å²) in [4.78, 5) is 5.75. The first kappa shape index (κ1) is 13.9. The molecular formula is C17H15FN2S. The average molecular weight is 298 g/mol. The number of thiazole rings is 1. The van der Waals surface area contributed by atoms with E-state index in [9.17, 15) is 4.39 Å². The first-order valence-corrected chi connectivity index (χ1v) is 7.52. The maximum absolute atomic E-state index is 13.4. The Kier molecular flexibility index (Phi) is 3.82. The number of hydrogen-bond acceptors (Lipinski definition) is 3. The maximum atomic E-state index is 13.4. The van der Waals surface area contributed by atoms with Gasteiger partial charge in [0.05, 0.1) is 5.69 Å². The minimum atomic E-state index is -0.197. The van der Waals surface area contributed by atoms with Crippen LogP contribution in [0.4, 0.5) is 4.39 Å². The van der Waals surface area contributed by atoms with Crippen LogP contribution in [0.25, 0.3) is 21.8 Å². The van der Waals surface area contributed by atoms with Crippen LogP contribution in [0.1, 0.15) is 10.4 Å². The fourth-order valence-corrected chi connectivity index (χ4v) is 3.17. The van der Waals surface area contributed by atoms with Crippen molar-refractivity contribution in [2.75, 3.05) is 0 Å². The highest BCUT2D eigenvalue weighted by atomic mass is 32.1. The van der Waals surface area contributed by atoms with Gasteiger partial charge >= 0.3 is 0 Å². The van der Waals surface area contributed by atoms with E-state index < -0.39 is 0 Å². The molecule has 2 aromatic carbocycles. The second-order valence-electron chi connectivity index (χ2n) is 4.82. The molecule has 3 aromatic rings. The third kappa shape index (κ3) is 2.73. The molecule has 2 nitrogen and oxygen atoms in total. The molecule has 0 spiro atoms. The zero-order valence-electron chi connectivity index (χ0n) is 11.6. The van der Waals surface area contributed by atoms with Crippen molar-refractivity contribution < 1.29 is 4.39 Å². The van der Waals surface area contributed by atoms with Crippen molar-refractivity contribution >= 4 is 11.3 Å². The molecule has 0 atom stereocenters. The molecule has 0 saturated heterocycles. The van der Waals surface area contributed by atoms with Gasteiger partial charge in [-0.3, -0.25) is 0 Å². The van der Waals surface area contributed by atoms with E-state index in [0.29, 0.717) is 12.1 Å². The zero-order chi connectivity index (χ0) is 14.8. The summed E-state index contributed by atoms with van der Waals surface area (Å²) in [6, 6.07) is 15.0. The van der Waals surface area contributed by atoms with Crippen molar-refractivity contribution in [3.05, 3.63) is 64.8 Å². The largest absolute Gasteiger partial charge is 0.326 e. The summed E-state index contributed by atoms with van der Waals surface area (Å²) >= 11 is 1.56. The maximum Gasteiger partial charge on any atom is 0.126 e. The Balaban J connectivity index is 2.09. The first-order chi connectivity index (χ1) is 10.2. The van der Waals surface area contributed by atoms with Gasteiger partial charge in [-0.25, -0.2) is 9.37 Å². The molecule has 3 rings (SSSR count). The smallest absolute Gasteiger partial charge is 0.126 e. The van der Waals surface area contributed by atoms with Gasteiger partial charge in [-0.2, -0.15) is 0 Å². The molecule has 0 unspecified atom stereocenters. The number of halogens is 1. The van der Waals surface area contributed by atoms with Gasteiger partial charge in [0, 0.05) is 22.5 Å². The van der Waals surface area contributed by atoms with Crippen LogP contribution >= 0.6 is 11.3 Å². The average Bonchev–Trinajstić information content (AvgIpc) is 2.95. The third-order valence-corrected chi connectivity index (χ3v) is 4.46. The van der Waals surface area contributed by atoms with Crippen molar-refractivity contribution in [3.8, 4) is 21.8 Å². The highest BCUT2D eigenvalue weighted by molar-refractivity contribution is 7.15. The molecule has 1 aromatic heterocycles. The molecule has 0 saturated carbocycles. The molecule has 4 heteroatoms. The highest BCUT2D eigenvalue weighted by Crippen LogP contribution is 2.34. The van der Waals surface area contributed by atoms with Crippen LogP contribution in [0.15, 0.2) is 48.5 Å². The van der Waals surface area contributed by atoms with Crippen LogP contribution in [0.5, 0.6) is 0 Å². The van der Waals surface area contributed by atoms with E-state index >= 15 is 0 Å². The Morgan fingerprint density at radius 2 is 1.86 bits per heavy atom. The predicted molar refractivity (Wildman–Crippen MR) is 85.6 cm³/mol. The van der Waals surface area contributed by atoms with Crippen molar-refractivity contribution in [2.45, 2.75) is 13.5 Å². The fraction of sp³-hybridized carbons (Fsp3) is 0.118. The number of benzene rings is 2. The molecule has 0 aliphatic rings.